The predicted molar refractivity (Wildman–Crippen MR) is 80.4 cm³/mol. The van der Waals surface area contributed by atoms with Crippen LogP contribution in [-0.4, -0.2) is 22.6 Å². The Morgan fingerprint density at radius 3 is 2.45 bits per heavy atom. The van der Waals surface area contributed by atoms with Crippen LogP contribution in [0.4, 0.5) is 0 Å². The molecule has 20 heavy (non-hydrogen) atoms. The van der Waals surface area contributed by atoms with E-state index in [4.69, 9.17) is 0 Å². The smallest absolute Gasteiger partial charge is 0.0921 e. The van der Waals surface area contributed by atoms with Crippen molar-refractivity contribution >= 4 is 0 Å². The van der Waals surface area contributed by atoms with Gasteiger partial charge in [0.2, 0.25) is 0 Å². The Hall–Kier alpha value is -0.830. The van der Waals surface area contributed by atoms with E-state index in [0.29, 0.717) is 11.5 Å². The largest absolute Gasteiger partial charge is 0.348 e. The maximum atomic E-state index is 4.09. The molecule has 5 rings (SSSR count). The Morgan fingerprint density at radius 1 is 1.25 bits per heavy atom. The van der Waals surface area contributed by atoms with E-state index in [1.54, 1.807) is 25.6 Å². The lowest BCUT2D eigenvalue weighted by molar-refractivity contribution is -0.0702. The quantitative estimate of drug-likeness (QED) is 0.865. The van der Waals surface area contributed by atoms with Crippen molar-refractivity contribution in [2.24, 2.45) is 23.2 Å². The van der Waals surface area contributed by atoms with Crippen LogP contribution in [0, 0.1) is 23.2 Å². The number of aromatic amines is 1. The van der Waals surface area contributed by atoms with Crippen molar-refractivity contribution in [2.45, 2.75) is 57.9 Å². The predicted octanol–water partition coefficient (Wildman–Crippen LogP) is 3.15. The molecule has 4 aliphatic carbocycles. The number of aromatic nitrogens is 2. The standard InChI is InChI=1S/C17H27N3/c1-12(19-3-2-16-10-18-11-20-16)17-7-13-4-14(8-17)6-15(5-13)9-17/h10-15,19H,2-9H2,1H3,(H,18,20). The minimum Gasteiger partial charge on any atom is -0.348 e. The van der Waals surface area contributed by atoms with Crippen LogP contribution in [0.1, 0.15) is 51.1 Å². The lowest BCUT2D eigenvalue weighted by Crippen LogP contribution is -2.55. The van der Waals surface area contributed by atoms with E-state index in [9.17, 15) is 0 Å². The van der Waals surface area contributed by atoms with Gasteiger partial charge in [0.15, 0.2) is 0 Å². The number of H-pyrrole nitrogens is 1. The Bertz CT molecular complexity index is 416. The van der Waals surface area contributed by atoms with Crippen molar-refractivity contribution in [3.63, 3.8) is 0 Å². The highest BCUT2D eigenvalue weighted by molar-refractivity contribution is 5.05. The molecule has 1 aromatic rings. The summed E-state index contributed by atoms with van der Waals surface area (Å²) in [5.74, 6) is 3.16. The van der Waals surface area contributed by atoms with Crippen LogP contribution >= 0.6 is 0 Å². The molecular weight excluding hydrogens is 246 g/mol. The summed E-state index contributed by atoms with van der Waals surface area (Å²) in [6, 6.07) is 0.679. The first kappa shape index (κ1) is 12.9. The van der Waals surface area contributed by atoms with Crippen molar-refractivity contribution in [3.8, 4) is 0 Å². The molecule has 0 amide bonds. The van der Waals surface area contributed by atoms with Gasteiger partial charge in [0.05, 0.1) is 6.33 Å². The third-order valence-electron chi connectivity index (χ3n) is 6.40. The van der Waals surface area contributed by atoms with E-state index < -0.39 is 0 Å². The van der Waals surface area contributed by atoms with Gasteiger partial charge in [0, 0.05) is 30.9 Å². The second-order valence-electron chi connectivity index (χ2n) is 7.78. The molecule has 2 N–H and O–H groups in total. The van der Waals surface area contributed by atoms with E-state index in [2.05, 4.69) is 22.2 Å². The van der Waals surface area contributed by atoms with E-state index in [0.717, 1.165) is 30.7 Å². The lowest BCUT2D eigenvalue weighted by atomic mass is 9.48. The van der Waals surface area contributed by atoms with Gasteiger partial charge in [0.25, 0.3) is 0 Å². The van der Waals surface area contributed by atoms with Crippen molar-refractivity contribution in [1.29, 1.82) is 0 Å². The molecule has 0 spiro atoms. The first-order valence-corrected chi connectivity index (χ1v) is 8.44. The second kappa shape index (κ2) is 4.87. The van der Waals surface area contributed by atoms with Crippen LogP contribution in [0.3, 0.4) is 0 Å². The molecule has 1 unspecified atom stereocenters. The molecule has 4 fully saturated rings. The zero-order chi connectivity index (χ0) is 13.6. The second-order valence-corrected chi connectivity index (χ2v) is 7.78. The van der Waals surface area contributed by atoms with Gasteiger partial charge < -0.3 is 10.3 Å². The Kier molecular flexibility index (Phi) is 3.13. The zero-order valence-corrected chi connectivity index (χ0v) is 12.6. The molecule has 1 atom stereocenters. The summed E-state index contributed by atoms with van der Waals surface area (Å²) in [6.07, 6.45) is 13.9. The Balaban J connectivity index is 1.37. The first-order chi connectivity index (χ1) is 9.73. The summed E-state index contributed by atoms with van der Waals surface area (Å²) in [7, 11) is 0. The number of nitrogens with one attached hydrogen (secondary N) is 2. The molecule has 4 aliphatic rings. The molecule has 4 saturated carbocycles. The molecule has 0 saturated heterocycles. The van der Waals surface area contributed by atoms with Gasteiger partial charge in [-0.15, -0.1) is 0 Å². The molecule has 3 nitrogen and oxygen atoms in total. The monoisotopic (exact) mass is 273 g/mol. The maximum absolute atomic E-state index is 4.09. The SMILES string of the molecule is CC(NCCc1cnc[nH]1)C12CC3CC(CC(C3)C1)C2. The summed E-state index contributed by atoms with van der Waals surface area (Å²) < 4.78 is 0. The summed E-state index contributed by atoms with van der Waals surface area (Å²) in [6.45, 7) is 3.52. The Morgan fingerprint density at radius 2 is 1.90 bits per heavy atom. The van der Waals surface area contributed by atoms with E-state index in [-0.39, 0.29) is 0 Å². The fourth-order valence-electron chi connectivity index (χ4n) is 5.77. The molecule has 4 bridgehead atoms. The van der Waals surface area contributed by atoms with Crippen LogP contribution in [0.5, 0.6) is 0 Å². The minimum atomic E-state index is 0.628. The van der Waals surface area contributed by atoms with Crippen LogP contribution in [0.2, 0.25) is 0 Å². The van der Waals surface area contributed by atoms with Gasteiger partial charge in [-0.3, -0.25) is 0 Å². The first-order valence-electron chi connectivity index (χ1n) is 8.44. The third-order valence-corrected chi connectivity index (χ3v) is 6.40. The fourth-order valence-corrected chi connectivity index (χ4v) is 5.77. The number of hydrogen-bond acceptors (Lipinski definition) is 2. The lowest BCUT2D eigenvalue weighted by Gasteiger charge is -2.59. The average molecular weight is 273 g/mol. The third kappa shape index (κ3) is 2.20. The molecule has 0 aliphatic heterocycles. The fraction of sp³-hybridized carbons (Fsp3) is 0.824. The van der Waals surface area contributed by atoms with Gasteiger partial charge in [-0.2, -0.15) is 0 Å². The molecule has 1 heterocycles. The maximum Gasteiger partial charge on any atom is 0.0921 e. The molecule has 0 aromatic carbocycles. The normalized spacial score (nSPS) is 40.1. The van der Waals surface area contributed by atoms with Gasteiger partial charge in [0.1, 0.15) is 0 Å². The zero-order valence-electron chi connectivity index (χ0n) is 12.6. The topological polar surface area (TPSA) is 40.7 Å². The summed E-state index contributed by atoms with van der Waals surface area (Å²) in [5.41, 5.74) is 1.87. The van der Waals surface area contributed by atoms with Crippen molar-refractivity contribution < 1.29 is 0 Å². The van der Waals surface area contributed by atoms with Crippen molar-refractivity contribution in [3.05, 3.63) is 18.2 Å². The van der Waals surface area contributed by atoms with Crippen LogP contribution < -0.4 is 5.32 Å². The highest BCUT2D eigenvalue weighted by Crippen LogP contribution is 2.61. The van der Waals surface area contributed by atoms with Crippen molar-refractivity contribution in [2.75, 3.05) is 6.54 Å². The van der Waals surface area contributed by atoms with Gasteiger partial charge in [-0.25, -0.2) is 4.98 Å². The highest BCUT2D eigenvalue weighted by atomic mass is 14.9. The van der Waals surface area contributed by atoms with Gasteiger partial charge in [-0.1, -0.05) is 0 Å². The number of hydrogen-bond donors (Lipinski definition) is 2. The van der Waals surface area contributed by atoms with E-state index in [1.165, 1.54) is 25.0 Å². The van der Waals surface area contributed by atoms with E-state index >= 15 is 0 Å². The minimum absolute atomic E-state index is 0.628. The summed E-state index contributed by atoms with van der Waals surface area (Å²) in [5, 5.41) is 3.83. The summed E-state index contributed by atoms with van der Waals surface area (Å²) >= 11 is 0. The average Bonchev–Trinajstić information content (AvgIpc) is 2.90. The molecular formula is C17H27N3. The number of nitrogens with zero attached hydrogens (tertiary/aromatic N) is 1. The summed E-state index contributed by atoms with van der Waals surface area (Å²) in [4.78, 5) is 7.29. The van der Waals surface area contributed by atoms with Crippen molar-refractivity contribution in [1.82, 2.24) is 15.3 Å². The van der Waals surface area contributed by atoms with Crippen LogP contribution in [0.15, 0.2) is 12.5 Å². The van der Waals surface area contributed by atoms with Gasteiger partial charge in [-0.05, 0) is 68.6 Å². The molecule has 110 valence electrons. The van der Waals surface area contributed by atoms with Crippen LogP contribution in [0.25, 0.3) is 0 Å². The Labute approximate surface area is 122 Å². The molecule has 3 heteroatoms. The number of rotatable bonds is 5. The molecule has 0 radical (unpaired) electrons. The van der Waals surface area contributed by atoms with E-state index in [1.807, 2.05) is 6.20 Å². The van der Waals surface area contributed by atoms with Crippen LogP contribution in [-0.2, 0) is 6.42 Å². The number of imidazole rings is 1. The van der Waals surface area contributed by atoms with Gasteiger partial charge >= 0.3 is 0 Å². The highest BCUT2D eigenvalue weighted by Gasteiger charge is 2.52. The molecule has 1 aromatic heterocycles.